The van der Waals surface area contributed by atoms with E-state index in [4.69, 9.17) is 29.7 Å². The first kappa shape index (κ1) is 29.9. The number of carbonyl (C=O) groups excluding carboxylic acids is 1. The number of aryl methyl sites for hydroxylation is 2. The van der Waals surface area contributed by atoms with E-state index in [0.717, 1.165) is 78.1 Å². The van der Waals surface area contributed by atoms with Gasteiger partial charge in [0.15, 0.2) is 0 Å². The van der Waals surface area contributed by atoms with Gasteiger partial charge < -0.3 is 31.4 Å². The molecular formula is C32H41N5O4. The van der Waals surface area contributed by atoms with Gasteiger partial charge in [0.1, 0.15) is 22.9 Å². The average Bonchev–Trinajstić information content (AvgIpc) is 3.94. The summed E-state index contributed by atoms with van der Waals surface area (Å²) in [6, 6.07) is 15.1. The summed E-state index contributed by atoms with van der Waals surface area (Å²) in [5.74, 6) is 2.87. The Morgan fingerprint density at radius 1 is 1.07 bits per heavy atom. The average molecular weight is 560 g/mol. The van der Waals surface area contributed by atoms with Crippen molar-refractivity contribution in [2.75, 3.05) is 26.5 Å². The topological polar surface area (TPSA) is 148 Å². The molecule has 1 aliphatic heterocycles. The second-order valence-electron chi connectivity index (χ2n) is 10.4. The van der Waals surface area contributed by atoms with Gasteiger partial charge >= 0.3 is 0 Å². The number of carbonyl (C=O) groups is 1. The fourth-order valence-electron chi connectivity index (χ4n) is 4.63. The predicted molar refractivity (Wildman–Crippen MR) is 163 cm³/mol. The van der Waals surface area contributed by atoms with Crippen molar-refractivity contribution < 1.29 is 19.0 Å². The van der Waals surface area contributed by atoms with E-state index < -0.39 is 0 Å². The molecule has 218 valence electrons. The monoisotopic (exact) mass is 559 g/mol. The highest BCUT2D eigenvalue weighted by molar-refractivity contribution is 5.89. The molecule has 2 aliphatic carbocycles. The van der Waals surface area contributed by atoms with Gasteiger partial charge in [0.2, 0.25) is 6.41 Å². The number of nitrogen functional groups attached to an aromatic ring is 1. The first-order chi connectivity index (χ1) is 20.0. The third-order valence-electron chi connectivity index (χ3n) is 7.11. The molecule has 0 bridgehead atoms. The number of amides is 1. The van der Waals surface area contributed by atoms with Crippen LogP contribution in [0, 0.1) is 0 Å². The predicted octanol–water partition coefficient (Wildman–Crippen LogP) is 4.42. The Morgan fingerprint density at radius 3 is 2.41 bits per heavy atom. The number of fused-ring (bicyclic) bond motifs is 1. The van der Waals surface area contributed by atoms with E-state index in [1.165, 1.54) is 12.6 Å². The third-order valence-corrected chi connectivity index (χ3v) is 7.11. The van der Waals surface area contributed by atoms with Crippen LogP contribution in [0.3, 0.4) is 0 Å². The summed E-state index contributed by atoms with van der Waals surface area (Å²) in [5, 5.41) is 0. The van der Waals surface area contributed by atoms with Crippen LogP contribution in [0.15, 0.2) is 47.5 Å². The van der Waals surface area contributed by atoms with Crippen molar-refractivity contribution >= 4 is 18.3 Å². The summed E-state index contributed by atoms with van der Waals surface area (Å²) < 4.78 is 17.6. The minimum absolute atomic E-state index is 0.250. The van der Waals surface area contributed by atoms with Crippen LogP contribution in [-0.2, 0) is 17.6 Å². The number of ether oxygens (including phenoxy) is 3. The van der Waals surface area contributed by atoms with E-state index in [1.54, 1.807) is 7.11 Å². The Balaban J connectivity index is 0.000000728. The normalized spacial score (nSPS) is 16.9. The van der Waals surface area contributed by atoms with Crippen molar-refractivity contribution in [1.29, 1.82) is 0 Å². The number of nitrogens with zero attached hydrogens (tertiary/aromatic N) is 2. The number of hydrogen-bond acceptors (Lipinski definition) is 8. The zero-order valence-electron chi connectivity index (χ0n) is 24.1. The SMILES string of the molecule is CN.COc1cc(CCc2cc3c(c(-c4ccc(OC5CC5)cc4)n2)OCC3C)cc(C=NC2CC2)c1N.NC=O. The van der Waals surface area contributed by atoms with Crippen molar-refractivity contribution in [3.8, 4) is 28.5 Å². The molecule has 41 heavy (non-hydrogen) atoms. The minimum atomic E-state index is 0.250. The highest BCUT2D eigenvalue weighted by Crippen LogP contribution is 2.41. The molecule has 1 amide bonds. The lowest BCUT2D eigenvalue weighted by molar-refractivity contribution is -0.106. The summed E-state index contributed by atoms with van der Waals surface area (Å²) in [5.41, 5.74) is 22.0. The van der Waals surface area contributed by atoms with Gasteiger partial charge in [0.25, 0.3) is 0 Å². The Kier molecular flexibility index (Phi) is 10.2. The molecule has 1 aromatic heterocycles. The highest BCUT2D eigenvalue weighted by Gasteiger charge is 2.27. The summed E-state index contributed by atoms with van der Waals surface area (Å²) >= 11 is 0. The molecule has 2 aromatic carbocycles. The van der Waals surface area contributed by atoms with Crippen molar-refractivity contribution in [2.45, 2.75) is 63.5 Å². The van der Waals surface area contributed by atoms with Crippen LogP contribution in [0.1, 0.15) is 60.9 Å². The highest BCUT2D eigenvalue weighted by atomic mass is 16.5. The molecule has 0 saturated heterocycles. The van der Waals surface area contributed by atoms with E-state index in [2.05, 4.69) is 47.6 Å². The number of rotatable bonds is 9. The fourth-order valence-corrected chi connectivity index (χ4v) is 4.63. The van der Waals surface area contributed by atoms with Gasteiger partial charge in [-0.1, -0.05) is 6.92 Å². The maximum atomic E-state index is 8.58. The molecule has 0 spiro atoms. The van der Waals surface area contributed by atoms with Crippen LogP contribution in [0.2, 0.25) is 0 Å². The molecule has 3 aliphatic rings. The standard InChI is InChI=1S/C30H33N3O3.CH3NO.CH5N/c1-18-17-35-30-26(18)15-23(33-29(30)20-4-9-24(10-5-20)36-25-11-12-25)6-3-19-13-21(16-32-22-7-8-22)28(31)27(14-19)34-2;2-1-3;1-2/h4-5,9-10,13-16,18,22,25H,3,6-8,11-12,17,31H2,1-2H3;1H,(H2,2,3);2H2,1H3. The lowest BCUT2D eigenvalue weighted by Gasteiger charge is -2.13. The van der Waals surface area contributed by atoms with Crippen LogP contribution in [0.5, 0.6) is 17.2 Å². The number of aliphatic imine (C=N–C) groups is 1. The Labute approximate surface area is 242 Å². The van der Waals surface area contributed by atoms with E-state index in [1.807, 2.05) is 24.4 Å². The van der Waals surface area contributed by atoms with E-state index in [-0.39, 0.29) is 6.41 Å². The number of methoxy groups -OCH3 is 1. The Bertz CT molecular complexity index is 1350. The van der Waals surface area contributed by atoms with Crippen molar-refractivity contribution in [3.63, 3.8) is 0 Å². The molecule has 1 unspecified atom stereocenters. The summed E-state index contributed by atoms with van der Waals surface area (Å²) in [6.45, 7) is 2.90. The fraction of sp³-hybridized carbons (Fsp3) is 0.406. The number of hydrogen-bond donors (Lipinski definition) is 3. The second kappa shape index (κ2) is 14.0. The summed E-state index contributed by atoms with van der Waals surface area (Å²) in [6.07, 6.45) is 8.81. The molecule has 9 heteroatoms. The van der Waals surface area contributed by atoms with Gasteiger partial charge in [-0.05, 0) is 93.6 Å². The molecule has 0 radical (unpaired) electrons. The van der Waals surface area contributed by atoms with Crippen molar-refractivity contribution in [3.05, 3.63) is 64.8 Å². The number of benzene rings is 2. The van der Waals surface area contributed by atoms with E-state index in [9.17, 15) is 0 Å². The molecular weight excluding hydrogens is 518 g/mol. The van der Waals surface area contributed by atoms with Crippen molar-refractivity contribution in [1.82, 2.24) is 4.98 Å². The zero-order chi connectivity index (χ0) is 29.4. The summed E-state index contributed by atoms with van der Waals surface area (Å²) in [4.78, 5) is 18.3. The van der Waals surface area contributed by atoms with Crippen LogP contribution in [0.25, 0.3) is 11.3 Å². The molecule has 2 heterocycles. The number of nitrogens with two attached hydrogens (primary N) is 3. The molecule has 6 N–H and O–H groups in total. The zero-order valence-corrected chi connectivity index (χ0v) is 24.1. The van der Waals surface area contributed by atoms with Crippen molar-refractivity contribution in [2.24, 2.45) is 16.5 Å². The molecule has 2 fully saturated rings. The Morgan fingerprint density at radius 2 is 1.78 bits per heavy atom. The first-order valence-corrected chi connectivity index (χ1v) is 14.2. The minimum Gasteiger partial charge on any atom is -0.495 e. The van der Waals surface area contributed by atoms with Gasteiger partial charge in [-0.15, -0.1) is 0 Å². The van der Waals surface area contributed by atoms with Crippen LogP contribution >= 0.6 is 0 Å². The maximum absolute atomic E-state index is 8.58. The molecule has 1 atom stereocenters. The van der Waals surface area contributed by atoms with Gasteiger partial charge in [0, 0.05) is 34.5 Å². The molecule has 2 saturated carbocycles. The number of aromatic nitrogens is 1. The van der Waals surface area contributed by atoms with Gasteiger partial charge in [-0.2, -0.15) is 0 Å². The molecule has 3 aromatic rings. The summed E-state index contributed by atoms with van der Waals surface area (Å²) in [7, 11) is 3.16. The quantitative estimate of drug-likeness (QED) is 0.200. The van der Waals surface area contributed by atoms with E-state index in [0.29, 0.717) is 36.1 Å². The maximum Gasteiger partial charge on any atom is 0.204 e. The van der Waals surface area contributed by atoms with Gasteiger partial charge in [0.05, 0.1) is 31.5 Å². The van der Waals surface area contributed by atoms with Crippen LogP contribution in [0.4, 0.5) is 5.69 Å². The largest absolute Gasteiger partial charge is 0.495 e. The lowest BCUT2D eigenvalue weighted by Crippen LogP contribution is -2.03. The smallest absolute Gasteiger partial charge is 0.204 e. The van der Waals surface area contributed by atoms with Gasteiger partial charge in [-0.3, -0.25) is 9.79 Å². The van der Waals surface area contributed by atoms with Crippen LogP contribution < -0.4 is 31.4 Å². The Hall–Kier alpha value is -4.11. The lowest BCUT2D eigenvalue weighted by atomic mass is 9.97. The first-order valence-electron chi connectivity index (χ1n) is 14.2. The number of pyridine rings is 1. The second-order valence-corrected chi connectivity index (χ2v) is 10.4. The van der Waals surface area contributed by atoms with Crippen LogP contribution in [-0.4, -0.2) is 50.5 Å². The van der Waals surface area contributed by atoms with E-state index >= 15 is 0 Å². The number of primary amides is 1. The molecule has 6 rings (SSSR count). The third kappa shape index (κ3) is 7.76. The molecule has 9 nitrogen and oxygen atoms in total. The number of anilines is 1. The van der Waals surface area contributed by atoms with Gasteiger partial charge in [-0.25, -0.2) is 4.98 Å².